The highest BCUT2D eigenvalue weighted by Gasteiger charge is 2.46. The highest BCUT2D eigenvalue weighted by atomic mass is 16.6. The number of hydrogen-bond donors (Lipinski definition) is 1. The molecule has 34 heavy (non-hydrogen) atoms. The van der Waals surface area contributed by atoms with E-state index in [1.165, 1.54) is 0 Å². The molecule has 0 spiro atoms. The highest BCUT2D eigenvalue weighted by molar-refractivity contribution is 5.90. The molecule has 1 aromatic rings. The lowest BCUT2D eigenvalue weighted by atomic mass is 10.1. The predicted octanol–water partition coefficient (Wildman–Crippen LogP) is 2.25. The Morgan fingerprint density at radius 3 is 2.53 bits per heavy atom. The second kappa shape index (κ2) is 10.8. The van der Waals surface area contributed by atoms with Gasteiger partial charge in [-0.15, -0.1) is 0 Å². The molecular weight excluding hydrogens is 434 g/mol. The van der Waals surface area contributed by atoms with Crippen molar-refractivity contribution >= 4 is 17.5 Å². The van der Waals surface area contributed by atoms with Gasteiger partial charge in [-0.2, -0.15) is 0 Å². The molecular formula is C25H37N5O4. The van der Waals surface area contributed by atoms with Crippen molar-refractivity contribution in [3.63, 3.8) is 0 Å². The number of non-ortho nitro benzene ring substituents is 1. The molecule has 9 nitrogen and oxygen atoms in total. The fourth-order valence-corrected chi connectivity index (χ4v) is 5.17. The number of nitrogens with one attached hydrogen (secondary N) is 1. The lowest BCUT2D eigenvalue weighted by molar-refractivity contribution is -0.384. The van der Waals surface area contributed by atoms with Crippen LogP contribution in [0.2, 0.25) is 0 Å². The van der Waals surface area contributed by atoms with Gasteiger partial charge < -0.3 is 15.1 Å². The number of carbonyl (C=O) groups excluding carboxylic acids is 2. The summed E-state index contributed by atoms with van der Waals surface area (Å²) in [4.78, 5) is 43.6. The average Bonchev–Trinajstić information content (AvgIpc) is 3.61. The Labute approximate surface area is 201 Å². The smallest absolute Gasteiger partial charge is 0.269 e. The van der Waals surface area contributed by atoms with E-state index in [1.54, 1.807) is 24.3 Å². The van der Waals surface area contributed by atoms with Crippen molar-refractivity contribution < 1.29 is 14.5 Å². The lowest BCUT2D eigenvalue weighted by Crippen LogP contribution is -2.49. The van der Waals surface area contributed by atoms with E-state index >= 15 is 0 Å². The Morgan fingerprint density at radius 1 is 1.15 bits per heavy atom. The van der Waals surface area contributed by atoms with E-state index in [4.69, 9.17) is 0 Å². The number of nitro groups is 1. The third kappa shape index (κ3) is 5.93. The van der Waals surface area contributed by atoms with Crippen LogP contribution in [0.4, 0.5) is 5.69 Å². The van der Waals surface area contributed by atoms with Crippen LogP contribution < -0.4 is 5.32 Å². The zero-order valence-corrected chi connectivity index (χ0v) is 20.3. The van der Waals surface area contributed by atoms with Gasteiger partial charge in [-0.05, 0) is 43.7 Å². The number of benzene rings is 1. The summed E-state index contributed by atoms with van der Waals surface area (Å²) in [5, 5.41) is 14.4. The highest BCUT2D eigenvalue weighted by Crippen LogP contribution is 2.35. The largest absolute Gasteiger partial charge is 0.340 e. The van der Waals surface area contributed by atoms with Crippen LogP contribution in [0.1, 0.15) is 45.1 Å². The summed E-state index contributed by atoms with van der Waals surface area (Å²) < 4.78 is 0. The third-order valence-corrected chi connectivity index (χ3v) is 7.07. The Kier molecular flexibility index (Phi) is 7.83. The first-order valence-electron chi connectivity index (χ1n) is 12.6. The van der Waals surface area contributed by atoms with Crippen molar-refractivity contribution in [2.24, 2.45) is 11.8 Å². The quantitative estimate of drug-likeness (QED) is 0.461. The van der Waals surface area contributed by atoms with Crippen molar-refractivity contribution in [1.82, 2.24) is 20.0 Å². The van der Waals surface area contributed by atoms with E-state index in [2.05, 4.69) is 24.1 Å². The van der Waals surface area contributed by atoms with Gasteiger partial charge >= 0.3 is 0 Å². The zero-order valence-electron chi connectivity index (χ0n) is 20.3. The van der Waals surface area contributed by atoms with Gasteiger partial charge in [0.2, 0.25) is 11.8 Å². The van der Waals surface area contributed by atoms with E-state index in [0.717, 1.165) is 51.0 Å². The number of rotatable bonds is 8. The van der Waals surface area contributed by atoms with Gasteiger partial charge in [-0.3, -0.25) is 24.6 Å². The van der Waals surface area contributed by atoms with E-state index in [1.807, 2.05) is 9.80 Å². The van der Waals surface area contributed by atoms with Crippen molar-refractivity contribution in [1.29, 1.82) is 0 Å². The molecule has 1 aliphatic carbocycles. The molecule has 2 unspecified atom stereocenters. The van der Waals surface area contributed by atoms with Gasteiger partial charge in [-0.25, -0.2) is 0 Å². The Morgan fingerprint density at radius 2 is 1.88 bits per heavy atom. The van der Waals surface area contributed by atoms with Gasteiger partial charge in [0, 0.05) is 63.4 Å². The summed E-state index contributed by atoms with van der Waals surface area (Å²) in [7, 11) is 0. The maximum Gasteiger partial charge on any atom is 0.269 e. The number of likely N-dealkylation sites (tertiary alicyclic amines) is 1. The summed E-state index contributed by atoms with van der Waals surface area (Å²) >= 11 is 0. The van der Waals surface area contributed by atoms with Gasteiger partial charge in [-0.1, -0.05) is 26.0 Å². The Bertz CT molecular complexity index is 878. The molecule has 2 amide bonds. The van der Waals surface area contributed by atoms with E-state index in [9.17, 15) is 19.7 Å². The second-order valence-corrected chi connectivity index (χ2v) is 10.3. The molecule has 1 aromatic carbocycles. The minimum Gasteiger partial charge on any atom is -0.340 e. The Balaban J connectivity index is 1.52. The molecule has 2 heterocycles. The molecule has 186 valence electrons. The van der Waals surface area contributed by atoms with Crippen LogP contribution in [-0.4, -0.2) is 82.8 Å². The topological polar surface area (TPSA) is 99.0 Å². The number of nitro benzene ring substituents is 1. The van der Waals surface area contributed by atoms with Crippen molar-refractivity contribution in [2.75, 3.05) is 39.3 Å². The minimum atomic E-state index is -0.400. The maximum absolute atomic E-state index is 13.6. The zero-order chi connectivity index (χ0) is 24.2. The number of amides is 2. The molecule has 0 radical (unpaired) electrons. The van der Waals surface area contributed by atoms with Crippen molar-refractivity contribution in [3.05, 3.63) is 39.9 Å². The monoisotopic (exact) mass is 471 g/mol. The molecule has 2 atom stereocenters. The van der Waals surface area contributed by atoms with Crippen LogP contribution in [0.15, 0.2) is 24.3 Å². The molecule has 1 N–H and O–H groups in total. The van der Waals surface area contributed by atoms with Gasteiger partial charge in [0.05, 0.1) is 4.92 Å². The minimum absolute atomic E-state index is 0.0769. The second-order valence-electron chi connectivity index (χ2n) is 10.3. The molecule has 9 heteroatoms. The molecule has 0 bridgehead atoms. The fourth-order valence-electron chi connectivity index (χ4n) is 5.17. The van der Waals surface area contributed by atoms with Crippen LogP contribution in [0.5, 0.6) is 0 Å². The average molecular weight is 472 g/mol. The molecule has 3 fully saturated rings. The molecule has 0 aromatic heterocycles. The summed E-state index contributed by atoms with van der Waals surface area (Å²) in [6.45, 7) is 9.49. The van der Waals surface area contributed by atoms with Gasteiger partial charge in [0.15, 0.2) is 0 Å². The number of hydrogen-bond acceptors (Lipinski definition) is 6. The number of carbonyl (C=O) groups is 2. The van der Waals surface area contributed by atoms with Gasteiger partial charge in [0.25, 0.3) is 5.69 Å². The standard InChI is InChI=1S/C25H37N5O4/c1-18(2)15-28(16-19-4-8-21(9-5-19)30(33)34)22-14-23(29(17-22)24(31)20-6-7-20)25(32)27-12-3-10-26-11-13-27/h4-5,8-9,18,20,22-23,26H,3,6-7,10-17H2,1-2H3. The van der Waals surface area contributed by atoms with Crippen LogP contribution in [0, 0.1) is 22.0 Å². The van der Waals surface area contributed by atoms with Crippen LogP contribution >= 0.6 is 0 Å². The molecule has 2 saturated heterocycles. The predicted molar refractivity (Wildman–Crippen MR) is 129 cm³/mol. The lowest BCUT2D eigenvalue weighted by Gasteiger charge is -2.30. The van der Waals surface area contributed by atoms with Crippen molar-refractivity contribution in [2.45, 2.75) is 58.2 Å². The van der Waals surface area contributed by atoms with Crippen molar-refractivity contribution in [3.8, 4) is 0 Å². The van der Waals surface area contributed by atoms with E-state index < -0.39 is 6.04 Å². The SMILES string of the molecule is CC(C)CN(Cc1ccc([N+](=O)[O-])cc1)C1CC(C(=O)N2CCCNCC2)N(C(=O)C2CC2)C1. The summed E-state index contributed by atoms with van der Waals surface area (Å²) in [5.74, 6) is 0.707. The first-order chi connectivity index (χ1) is 16.3. The van der Waals surface area contributed by atoms with Crippen LogP contribution in [0.3, 0.4) is 0 Å². The summed E-state index contributed by atoms with van der Waals surface area (Å²) in [6.07, 6.45) is 3.42. The third-order valence-electron chi connectivity index (χ3n) is 7.07. The van der Waals surface area contributed by atoms with Gasteiger partial charge in [0.1, 0.15) is 6.04 Å². The summed E-state index contributed by atoms with van der Waals surface area (Å²) in [5.41, 5.74) is 1.08. The molecule has 1 saturated carbocycles. The first-order valence-corrected chi connectivity index (χ1v) is 12.6. The first kappa shape index (κ1) is 24.6. The molecule has 3 aliphatic rings. The maximum atomic E-state index is 13.6. The summed E-state index contributed by atoms with van der Waals surface area (Å²) in [6, 6.07) is 6.38. The van der Waals surface area contributed by atoms with E-state index in [-0.39, 0.29) is 34.4 Å². The molecule has 4 rings (SSSR count). The number of nitrogens with zero attached hydrogens (tertiary/aromatic N) is 4. The van der Waals surface area contributed by atoms with Crippen LogP contribution in [-0.2, 0) is 16.1 Å². The normalized spacial score (nSPS) is 23.4. The van der Waals surface area contributed by atoms with Crippen LogP contribution in [0.25, 0.3) is 0 Å². The molecule has 2 aliphatic heterocycles. The Hall–Kier alpha value is -2.52. The van der Waals surface area contributed by atoms with E-state index in [0.29, 0.717) is 32.0 Å². The fraction of sp³-hybridized carbons (Fsp3) is 0.680.